The fourth-order valence-electron chi connectivity index (χ4n) is 4.32. The fraction of sp³-hybridized carbons (Fsp3) is 0.0909. The first kappa shape index (κ1) is 30.9. The summed E-state index contributed by atoms with van der Waals surface area (Å²) in [6.07, 6.45) is 0. The summed E-state index contributed by atoms with van der Waals surface area (Å²) in [5.41, 5.74) is 2.09. The quantitative estimate of drug-likeness (QED) is 0.152. The number of hydrogen-bond acceptors (Lipinski definition) is 9. The summed E-state index contributed by atoms with van der Waals surface area (Å²) >= 11 is 7.46. The summed E-state index contributed by atoms with van der Waals surface area (Å²) in [5.74, 6) is -0.469. The van der Waals surface area contributed by atoms with E-state index >= 15 is 0 Å². The average Bonchev–Trinajstić information content (AvgIpc) is 3.73. The van der Waals surface area contributed by atoms with Crippen LogP contribution in [0.3, 0.4) is 0 Å². The third kappa shape index (κ3) is 6.99. The molecule has 0 bridgehead atoms. The Balaban J connectivity index is 1.34. The predicted molar refractivity (Wildman–Crippen MR) is 170 cm³/mol. The summed E-state index contributed by atoms with van der Waals surface area (Å²) in [4.78, 5) is 38.6. The molecule has 2 aromatic heterocycles. The Morgan fingerprint density at radius 2 is 1.58 bits per heavy atom. The Hall–Kier alpha value is -5.57. The Bertz CT molecular complexity index is 1890. The van der Waals surface area contributed by atoms with Crippen LogP contribution >= 0.6 is 22.9 Å². The molecule has 0 saturated heterocycles. The van der Waals surface area contributed by atoms with Crippen LogP contribution in [0.4, 0.5) is 11.6 Å². The number of furan rings is 1. The molecule has 5 rings (SSSR count). The Kier molecular flexibility index (Phi) is 9.48. The van der Waals surface area contributed by atoms with Crippen molar-refractivity contribution in [2.75, 3.05) is 31.5 Å². The average molecular weight is 642 g/mol. The zero-order chi connectivity index (χ0) is 31.9. The van der Waals surface area contributed by atoms with Crippen LogP contribution in [-0.4, -0.2) is 38.6 Å². The number of hydrogen-bond donors (Lipinski definition) is 2. The summed E-state index contributed by atoms with van der Waals surface area (Å²) < 4.78 is 21.8. The molecule has 0 fully saturated rings. The first-order valence-electron chi connectivity index (χ1n) is 13.3. The smallest absolute Gasteiger partial charge is 0.338 e. The van der Waals surface area contributed by atoms with E-state index in [0.29, 0.717) is 38.8 Å². The van der Waals surface area contributed by atoms with Gasteiger partial charge in [0.15, 0.2) is 6.61 Å². The molecule has 10 nitrogen and oxygen atoms in total. The van der Waals surface area contributed by atoms with Gasteiger partial charge in [-0.05, 0) is 71.6 Å². The maximum absolute atomic E-state index is 12.9. The van der Waals surface area contributed by atoms with Gasteiger partial charge in [0.05, 0.1) is 35.4 Å². The third-order valence-electron chi connectivity index (χ3n) is 6.53. The number of methoxy groups -OCH3 is 2. The topological polar surface area (TPSA) is 140 Å². The number of nitriles is 1. The number of amides is 2. The number of carbonyl (C=O) groups is 3. The Labute approximate surface area is 266 Å². The summed E-state index contributed by atoms with van der Waals surface area (Å²) in [7, 11) is 3.10. The van der Waals surface area contributed by atoms with E-state index in [2.05, 4.69) is 16.7 Å². The number of rotatable bonds is 10. The molecule has 0 unspecified atom stereocenters. The SMILES string of the molecule is COc1ccc(-c2oc(NC(=O)COC(=O)c3ccc(Cl)c(NC(=O)c4cccs4)c3)c(C#N)c2-c2ccc(OC)cc2)cc1. The highest BCUT2D eigenvalue weighted by atomic mass is 35.5. The molecule has 0 aliphatic carbocycles. The number of halogens is 1. The van der Waals surface area contributed by atoms with Crippen molar-refractivity contribution in [3.05, 3.63) is 105 Å². The molecule has 2 N–H and O–H groups in total. The minimum Gasteiger partial charge on any atom is -0.497 e. The molecule has 2 amide bonds. The Morgan fingerprint density at radius 3 is 2.18 bits per heavy atom. The minimum atomic E-state index is -0.828. The van der Waals surface area contributed by atoms with Crippen molar-refractivity contribution in [1.29, 1.82) is 5.26 Å². The number of esters is 1. The predicted octanol–water partition coefficient (Wildman–Crippen LogP) is 7.27. The van der Waals surface area contributed by atoms with Crippen LogP contribution in [0, 0.1) is 11.3 Å². The number of anilines is 2. The molecule has 0 atom stereocenters. The number of benzene rings is 3. The molecule has 0 aliphatic rings. The number of nitrogens with zero attached hydrogens (tertiary/aromatic N) is 1. The molecule has 5 aromatic rings. The monoisotopic (exact) mass is 641 g/mol. The fourth-order valence-corrected chi connectivity index (χ4v) is 5.11. The van der Waals surface area contributed by atoms with E-state index in [1.54, 1.807) is 80.3 Å². The van der Waals surface area contributed by atoms with E-state index < -0.39 is 18.5 Å². The van der Waals surface area contributed by atoms with Gasteiger partial charge in [-0.3, -0.25) is 14.9 Å². The zero-order valence-corrected chi connectivity index (χ0v) is 25.5. The lowest BCUT2D eigenvalue weighted by atomic mass is 9.98. The van der Waals surface area contributed by atoms with E-state index in [0.717, 1.165) is 0 Å². The summed E-state index contributed by atoms with van der Waals surface area (Å²) in [5, 5.41) is 17.3. The normalized spacial score (nSPS) is 10.4. The molecular formula is C33H24ClN3O7S. The van der Waals surface area contributed by atoms with E-state index in [1.807, 2.05) is 0 Å². The van der Waals surface area contributed by atoms with Crippen molar-refractivity contribution < 1.29 is 33.0 Å². The lowest BCUT2D eigenvalue weighted by Crippen LogP contribution is -2.21. The van der Waals surface area contributed by atoms with Gasteiger partial charge in [-0.2, -0.15) is 5.26 Å². The van der Waals surface area contributed by atoms with Gasteiger partial charge in [0, 0.05) is 11.1 Å². The van der Waals surface area contributed by atoms with Gasteiger partial charge < -0.3 is 23.9 Å². The molecule has 226 valence electrons. The number of carbonyl (C=O) groups excluding carboxylic acids is 3. The van der Waals surface area contributed by atoms with Gasteiger partial charge in [-0.1, -0.05) is 29.8 Å². The van der Waals surface area contributed by atoms with Gasteiger partial charge in [0.1, 0.15) is 28.9 Å². The van der Waals surface area contributed by atoms with E-state index in [-0.39, 0.29) is 33.6 Å². The largest absolute Gasteiger partial charge is 0.497 e. The van der Waals surface area contributed by atoms with Crippen LogP contribution in [0.2, 0.25) is 5.02 Å². The summed E-state index contributed by atoms with van der Waals surface area (Å²) in [6, 6.07) is 23.8. The van der Waals surface area contributed by atoms with Crippen molar-refractivity contribution in [2.45, 2.75) is 0 Å². The minimum absolute atomic E-state index is 0.0629. The second kappa shape index (κ2) is 13.8. The molecular weight excluding hydrogens is 618 g/mol. The molecule has 0 aliphatic heterocycles. The molecule has 45 heavy (non-hydrogen) atoms. The third-order valence-corrected chi connectivity index (χ3v) is 7.73. The molecule has 0 saturated carbocycles. The van der Waals surface area contributed by atoms with Crippen LogP contribution in [-0.2, 0) is 9.53 Å². The van der Waals surface area contributed by atoms with Crippen molar-refractivity contribution in [3.63, 3.8) is 0 Å². The lowest BCUT2D eigenvalue weighted by Gasteiger charge is -2.09. The van der Waals surface area contributed by atoms with Crippen molar-refractivity contribution in [2.24, 2.45) is 0 Å². The molecule has 0 spiro atoms. The van der Waals surface area contributed by atoms with Gasteiger partial charge in [0.2, 0.25) is 5.88 Å². The van der Waals surface area contributed by atoms with E-state index in [1.165, 1.54) is 29.5 Å². The van der Waals surface area contributed by atoms with Crippen LogP contribution in [0.15, 0.2) is 88.7 Å². The number of ether oxygens (including phenoxy) is 3. The number of nitrogens with one attached hydrogen (secondary N) is 2. The second-order valence-corrected chi connectivity index (χ2v) is 10.7. The van der Waals surface area contributed by atoms with Crippen LogP contribution in [0.25, 0.3) is 22.5 Å². The van der Waals surface area contributed by atoms with Crippen molar-refractivity contribution in [1.82, 2.24) is 0 Å². The van der Waals surface area contributed by atoms with Crippen molar-refractivity contribution >= 4 is 52.3 Å². The van der Waals surface area contributed by atoms with Gasteiger partial charge in [-0.15, -0.1) is 11.3 Å². The second-order valence-electron chi connectivity index (χ2n) is 9.33. The molecule has 3 aromatic carbocycles. The number of thiophene rings is 1. The van der Waals surface area contributed by atoms with E-state index in [4.69, 9.17) is 30.2 Å². The van der Waals surface area contributed by atoms with E-state index in [9.17, 15) is 19.6 Å². The van der Waals surface area contributed by atoms with Crippen molar-refractivity contribution in [3.8, 4) is 40.0 Å². The van der Waals surface area contributed by atoms with Gasteiger partial charge in [0.25, 0.3) is 11.8 Å². The van der Waals surface area contributed by atoms with Crippen LogP contribution in [0.1, 0.15) is 25.6 Å². The zero-order valence-electron chi connectivity index (χ0n) is 23.9. The highest BCUT2D eigenvalue weighted by Gasteiger charge is 2.25. The van der Waals surface area contributed by atoms with Crippen LogP contribution in [0.5, 0.6) is 11.5 Å². The highest BCUT2D eigenvalue weighted by molar-refractivity contribution is 7.12. The molecule has 12 heteroatoms. The maximum atomic E-state index is 12.9. The summed E-state index contributed by atoms with van der Waals surface area (Å²) in [6.45, 7) is -0.681. The highest BCUT2D eigenvalue weighted by Crippen LogP contribution is 2.42. The van der Waals surface area contributed by atoms with Gasteiger partial charge >= 0.3 is 5.97 Å². The first-order chi connectivity index (χ1) is 21.8. The Morgan fingerprint density at radius 1 is 0.911 bits per heavy atom. The lowest BCUT2D eigenvalue weighted by molar-refractivity contribution is -0.119. The first-order valence-corrected chi connectivity index (χ1v) is 14.5. The molecule has 0 radical (unpaired) electrons. The molecule has 2 heterocycles. The van der Waals surface area contributed by atoms with Gasteiger partial charge in [-0.25, -0.2) is 4.79 Å². The standard InChI is InChI=1S/C33H24ClN3O7S/c1-41-22-10-5-19(6-11-22)29-24(17-35)32(44-30(29)20-7-12-23(42-2)13-8-20)37-28(38)18-43-33(40)21-9-14-25(34)26(16-21)36-31(39)27-4-3-15-45-27/h3-16H,18H2,1-2H3,(H,36,39)(H,37,38). The van der Waals surface area contributed by atoms with Crippen LogP contribution < -0.4 is 20.1 Å². The maximum Gasteiger partial charge on any atom is 0.338 e.